The summed E-state index contributed by atoms with van der Waals surface area (Å²) in [5, 5.41) is 8.69. The van der Waals surface area contributed by atoms with Gasteiger partial charge in [-0.2, -0.15) is 8.78 Å². The molecule has 15 heteroatoms. The van der Waals surface area contributed by atoms with Gasteiger partial charge in [0.25, 0.3) is 0 Å². The van der Waals surface area contributed by atoms with E-state index < -0.39 is 6.61 Å². The molecule has 0 amide bonds. The molecule has 0 saturated heterocycles. The summed E-state index contributed by atoms with van der Waals surface area (Å²) in [6.45, 7) is 6.81. The van der Waals surface area contributed by atoms with Gasteiger partial charge in [0.1, 0.15) is 17.2 Å². The van der Waals surface area contributed by atoms with Crippen molar-refractivity contribution >= 4 is 99.9 Å². The average molecular weight is 1200 g/mol. The molecule has 0 aliphatic carbocycles. The van der Waals surface area contributed by atoms with Crippen LogP contribution in [0.3, 0.4) is 0 Å². The molecule has 0 aromatic carbocycles. The molecule has 3 heterocycles. The molecular formula is C25H39F2I5N3O3V2-2. The number of rotatable bonds is 3. The van der Waals surface area contributed by atoms with E-state index in [0.717, 1.165) is 22.8 Å². The summed E-state index contributed by atoms with van der Waals surface area (Å²) in [6, 6.07) is 10.2. The van der Waals surface area contributed by atoms with Crippen LogP contribution in [0.4, 0.5) is 8.78 Å². The summed E-state index contributed by atoms with van der Waals surface area (Å²) in [6.07, 6.45) is 4.39. The molecule has 3 aromatic rings. The van der Waals surface area contributed by atoms with Crippen LogP contribution >= 0.6 is 99.9 Å². The Labute approximate surface area is 307 Å². The van der Waals surface area contributed by atoms with E-state index in [-0.39, 0.29) is 38.7 Å². The van der Waals surface area contributed by atoms with Crippen molar-refractivity contribution in [1.82, 2.24) is 15.0 Å². The van der Waals surface area contributed by atoms with Crippen molar-refractivity contribution in [2.75, 3.05) is 7.11 Å². The van der Waals surface area contributed by atoms with Gasteiger partial charge in [-0.1, -0.05) is 21.3 Å². The van der Waals surface area contributed by atoms with Crippen LogP contribution in [0, 0.1) is 35.6 Å². The molecular weight excluding hydrogens is 1160 g/mol. The summed E-state index contributed by atoms with van der Waals surface area (Å²) in [4.78, 5) is 11.4. The first-order chi connectivity index (χ1) is 17.4. The molecule has 3 rings (SSSR count). The predicted molar refractivity (Wildman–Crippen MR) is 203 cm³/mol. The van der Waals surface area contributed by atoms with E-state index in [2.05, 4.69) is 120 Å². The fourth-order valence-corrected chi connectivity index (χ4v) is 1.66. The minimum atomic E-state index is -2.78. The number of methoxy groups -OCH3 is 1. The fourth-order valence-electron chi connectivity index (χ4n) is 1.66. The molecule has 1 N–H and O–H groups in total. The Morgan fingerprint density at radius 2 is 1.10 bits per heavy atom. The Morgan fingerprint density at radius 1 is 0.775 bits per heavy atom. The Kier molecular flexibility index (Phi) is 52.1. The van der Waals surface area contributed by atoms with Crippen molar-refractivity contribution < 1.29 is 37.7 Å². The number of hydrogen-bond donors (Lipinski definition) is 1. The normalized spacial score (nSPS) is 8.07. The molecule has 233 valence electrons. The molecule has 40 heavy (non-hydrogen) atoms. The van der Waals surface area contributed by atoms with E-state index in [1.54, 1.807) is 38.4 Å². The standard InChI is InChI=1S/C7H7F2NO.C7H9NO.C6H7NO.C2H6.CH4.2CH3.5HI.2V/c1-5-2-3-6(4-10-5)11-7(8)9;1-6-3-4-7(9-2)5-8-6;1-5-2-3-6(8)4-7-5;1-2;;;;;;;;;;/h2-4,7H,1H3;3-5H,1-2H3;2-4,8H,1H3;1-2H3;1H4;2*1H3;5*1H;;/q;;;;;2*-1;;;;;;+2;+3/p-5. The van der Waals surface area contributed by atoms with E-state index in [4.69, 9.17) is 9.84 Å². The van der Waals surface area contributed by atoms with Crippen LogP contribution in [0.15, 0.2) is 55.0 Å². The van der Waals surface area contributed by atoms with Crippen molar-refractivity contribution in [3.05, 3.63) is 86.9 Å². The number of halogens is 7. The molecule has 0 saturated carbocycles. The average Bonchev–Trinajstić information content (AvgIpc) is 2.85. The van der Waals surface area contributed by atoms with Gasteiger partial charge in [-0.3, -0.25) is 15.0 Å². The van der Waals surface area contributed by atoms with Gasteiger partial charge in [0.2, 0.25) is 0 Å². The first-order valence-electron chi connectivity index (χ1n) is 10.1. The van der Waals surface area contributed by atoms with E-state index in [1.807, 2.05) is 39.8 Å². The van der Waals surface area contributed by atoms with Crippen molar-refractivity contribution in [1.29, 1.82) is 0 Å². The van der Waals surface area contributed by atoms with Gasteiger partial charge in [-0.05, 0) is 57.2 Å². The van der Waals surface area contributed by atoms with Crippen molar-refractivity contribution in [3.8, 4) is 17.2 Å². The monoisotopic (exact) mass is 1200 g/mol. The van der Waals surface area contributed by atoms with Crippen LogP contribution < -0.4 is 9.47 Å². The maximum absolute atomic E-state index is 11.6. The molecule has 0 radical (unpaired) electrons. The van der Waals surface area contributed by atoms with E-state index in [9.17, 15) is 8.78 Å². The first kappa shape index (κ1) is 54.0. The zero-order chi connectivity index (χ0) is 29.2. The number of pyridine rings is 3. The minimum absolute atomic E-state index is 0. The van der Waals surface area contributed by atoms with Crippen LogP contribution in [0.2, 0.25) is 0 Å². The molecule has 0 aliphatic heterocycles. The number of aromatic nitrogens is 3. The fraction of sp³-hybridized carbons (Fsp3) is 0.320. The van der Waals surface area contributed by atoms with E-state index >= 15 is 0 Å². The molecule has 0 aliphatic rings. The van der Waals surface area contributed by atoms with Gasteiger partial charge in [-0.25, -0.2) is 0 Å². The summed E-state index contributed by atoms with van der Waals surface area (Å²) >= 11 is 12.1. The van der Waals surface area contributed by atoms with Crippen LogP contribution in [-0.4, -0.2) is 33.8 Å². The zero-order valence-corrected chi connectivity index (χ0v) is 36.5. The summed E-state index contributed by atoms with van der Waals surface area (Å²) < 4.78 is 32.1. The molecule has 0 fully saturated rings. The van der Waals surface area contributed by atoms with Crippen LogP contribution in [-0.2, 0) is 14.4 Å². The Balaban J connectivity index is -0.0000000921. The number of ether oxygens (including phenoxy) is 2. The van der Waals surface area contributed by atoms with Gasteiger partial charge >= 0.3 is 121 Å². The second-order valence-electron chi connectivity index (χ2n) is 5.77. The second-order valence-corrected chi connectivity index (χ2v) is 52.9. The third-order valence-electron chi connectivity index (χ3n) is 3.13. The Bertz CT molecular complexity index is 867. The van der Waals surface area contributed by atoms with Crippen LogP contribution in [0.1, 0.15) is 38.4 Å². The predicted octanol–water partition coefficient (Wildman–Crippen LogP) is 11.5. The van der Waals surface area contributed by atoms with Gasteiger partial charge in [-0.15, -0.1) is 0 Å². The molecule has 0 atom stereocenters. The number of aromatic hydroxyl groups is 1. The quantitative estimate of drug-likeness (QED) is 0.208. The third kappa shape index (κ3) is 41.7. The van der Waals surface area contributed by atoms with Crippen molar-refractivity contribution in [2.24, 2.45) is 0 Å². The van der Waals surface area contributed by atoms with E-state index in [0.29, 0.717) is 9.47 Å². The summed E-state index contributed by atoms with van der Waals surface area (Å²) in [7, 11) is 2.26. The van der Waals surface area contributed by atoms with Gasteiger partial charge < -0.3 is 29.4 Å². The number of alkyl halides is 2. The third-order valence-corrected chi connectivity index (χ3v) is 3.13. The Morgan fingerprint density at radius 3 is 1.32 bits per heavy atom. The topological polar surface area (TPSA) is 77.4 Å². The molecule has 0 unspecified atom stereocenters. The van der Waals surface area contributed by atoms with Gasteiger partial charge in [0, 0.05) is 17.1 Å². The zero-order valence-electron chi connectivity index (χ0n) is 22.9. The first-order valence-corrected chi connectivity index (χ1v) is 32.6. The van der Waals surface area contributed by atoms with Crippen LogP contribution in [0.5, 0.6) is 17.2 Å². The molecule has 6 nitrogen and oxygen atoms in total. The summed E-state index contributed by atoms with van der Waals surface area (Å²) in [5.41, 5.74) is 2.70. The van der Waals surface area contributed by atoms with Gasteiger partial charge in [0.15, 0.2) is 0 Å². The van der Waals surface area contributed by atoms with Crippen molar-refractivity contribution in [2.45, 2.75) is 48.7 Å². The maximum atomic E-state index is 11.6. The van der Waals surface area contributed by atoms with Crippen molar-refractivity contribution in [3.63, 3.8) is 0 Å². The number of hydrogen-bond acceptors (Lipinski definition) is 6. The molecule has 0 spiro atoms. The molecule has 3 aromatic heterocycles. The van der Waals surface area contributed by atoms with Gasteiger partial charge in [0.05, 0.1) is 25.7 Å². The Hall–Kier alpha value is 1.53. The van der Waals surface area contributed by atoms with Crippen LogP contribution in [0.25, 0.3) is 0 Å². The van der Waals surface area contributed by atoms with E-state index in [1.165, 1.54) is 18.5 Å². The summed E-state index contributed by atoms with van der Waals surface area (Å²) in [5.74, 6) is 1.11. The number of nitrogens with zero attached hydrogens (tertiary/aromatic N) is 3. The second kappa shape index (κ2) is 38.6. The number of aryl methyl sites for hydroxylation is 3. The SMILES string of the molecule is C.CC.COc1ccc(C)nc1.Cc1ccc(O)cn1.Cc1ccc(OC(F)F)cn1.[CH3-].[CH3-].[I][V]([I])[I].[I][V][I]. The molecule has 0 bridgehead atoms.